The van der Waals surface area contributed by atoms with Crippen molar-refractivity contribution >= 4 is 5.95 Å². The molecule has 1 atom stereocenters. The minimum atomic E-state index is 0.195. The standard InChI is InChI=1S/C13H21N3O/c1-2-5-11-8-14-13(15-9-11)16-7-4-3-6-12(16)10-17/h8-9,12,17H,2-7,10H2,1H3. The summed E-state index contributed by atoms with van der Waals surface area (Å²) >= 11 is 0. The lowest BCUT2D eigenvalue weighted by atomic mass is 10.0. The summed E-state index contributed by atoms with van der Waals surface area (Å²) in [4.78, 5) is 11.0. The lowest BCUT2D eigenvalue weighted by Gasteiger charge is -2.34. The monoisotopic (exact) mass is 235 g/mol. The van der Waals surface area contributed by atoms with E-state index in [1.807, 2.05) is 12.4 Å². The highest BCUT2D eigenvalue weighted by atomic mass is 16.3. The van der Waals surface area contributed by atoms with Crippen LogP contribution in [-0.2, 0) is 6.42 Å². The molecule has 17 heavy (non-hydrogen) atoms. The van der Waals surface area contributed by atoms with Crippen LogP contribution in [0, 0.1) is 0 Å². The van der Waals surface area contributed by atoms with Crippen LogP contribution >= 0.6 is 0 Å². The molecule has 1 unspecified atom stereocenters. The van der Waals surface area contributed by atoms with Crippen LogP contribution in [0.3, 0.4) is 0 Å². The average molecular weight is 235 g/mol. The molecule has 1 aromatic rings. The summed E-state index contributed by atoms with van der Waals surface area (Å²) in [6.07, 6.45) is 9.36. The van der Waals surface area contributed by atoms with Gasteiger partial charge in [-0.15, -0.1) is 0 Å². The number of hydrogen-bond acceptors (Lipinski definition) is 4. The second kappa shape index (κ2) is 5.96. The van der Waals surface area contributed by atoms with E-state index in [-0.39, 0.29) is 12.6 Å². The molecule has 1 N–H and O–H groups in total. The molecule has 0 aliphatic carbocycles. The number of hydrogen-bond donors (Lipinski definition) is 1. The Bertz CT molecular complexity index is 339. The van der Waals surface area contributed by atoms with Gasteiger partial charge in [-0.3, -0.25) is 0 Å². The number of aliphatic hydroxyl groups excluding tert-OH is 1. The van der Waals surface area contributed by atoms with Crippen LogP contribution in [0.15, 0.2) is 12.4 Å². The first-order valence-electron chi connectivity index (χ1n) is 6.53. The molecular weight excluding hydrogens is 214 g/mol. The summed E-state index contributed by atoms with van der Waals surface area (Å²) in [6, 6.07) is 0.195. The molecule has 2 heterocycles. The van der Waals surface area contributed by atoms with Gasteiger partial charge < -0.3 is 10.0 Å². The normalized spacial score (nSPS) is 20.6. The van der Waals surface area contributed by atoms with Crippen LogP contribution in [0.5, 0.6) is 0 Å². The van der Waals surface area contributed by atoms with Gasteiger partial charge in [0.1, 0.15) is 0 Å². The highest BCUT2D eigenvalue weighted by Crippen LogP contribution is 2.21. The van der Waals surface area contributed by atoms with Crippen molar-refractivity contribution in [1.29, 1.82) is 0 Å². The van der Waals surface area contributed by atoms with E-state index in [9.17, 15) is 5.11 Å². The fourth-order valence-electron chi connectivity index (χ4n) is 2.37. The Balaban J connectivity index is 2.09. The minimum Gasteiger partial charge on any atom is -0.394 e. The molecule has 0 radical (unpaired) electrons. The molecule has 2 rings (SSSR count). The Morgan fingerprint density at radius 2 is 2.12 bits per heavy atom. The summed E-state index contributed by atoms with van der Waals surface area (Å²) in [5.41, 5.74) is 1.19. The Kier molecular flexibility index (Phi) is 4.31. The van der Waals surface area contributed by atoms with Gasteiger partial charge in [0.25, 0.3) is 0 Å². The lowest BCUT2D eigenvalue weighted by molar-refractivity contribution is 0.239. The highest BCUT2D eigenvalue weighted by molar-refractivity contribution is 5.32. The van der Waals surface area contributed by atoms with Crippen molar-refractivity contribution in [2.45, 2.75) is 45.1 Å². The summed E-state index contributed by atoms with van der Waals surface area (Å²) in [6.45, 7) is 3.30. The molecule has 0 bridgehead atoms. The lowest BCUT2D eigenvalue weighted by Crippen LogP contribution is -2.42. The van der Waals surface area contributed by atoms with Crippen molar-refractivity contribution in [3.63, 3.8) is 0 Å². The Labute approximate surface area is 103 Å². The molecule has 0 spiro atoms. The first-order valence-corrected chi connectivity index (χ1v) is 6.53. The topological polar surface area (TPSA) is 49.2 Å². The van der Waals surface area contributed by atoms with Crippen LogP contribution in [0.25, 0.3) is 0 Å². The van der Waals surface area contributed by atoms with E-state index >= 15 is 0 Å². The number of nitrogens with zero attached hydrogens (tertiary/aromatic N) is 3. The van der Waals surface area contributed by atoms with E-state index in [0.717, 1.165) is 38.2 Å². The molecule has 1 aliphatic rings. The van der Waals surface area contributed by atoms with E-state index in [1.165, 1.54) is 12.0 Å². The number of aryl methyl sites for hydroxylation is 1. The average Bonchev–Trinajstić information content (AvgIpc) is 2.40. The van der Waals surface area contributed by atoms with E-state index in [0.29, 0.717) is 0 Å². The third-order valence-corrected chi connectivity index (χ3v) is 3.33. The second-order valence-corrected chi connectivity index (χ2v) is 4.67. The first kappa shape index (κ1) is 12.3. The van der Waals surface area contributed by atoms with Crippen LogP contribution in [0.1, 0.15) is 38.2 Å². The fourth-order valence-corrected chi connectivity index (χ4v) is 2.37. The molecule has 94 valence electrons. The van der Waals surface area contributed by atoms with E-state index < -0.39 is 0 Å². The largest absolute Gasteiger partial charge is 0.394 e. The maximum Gasteiger partial charge on any atom is 0.225 e. The van der Waals surface area contributed by atoms with Gasteiger partial charge in [-0.1, -0.05) is 13.3 Å². The van der Waals surface area contributed by atoms with Crippen LogP contribution in [0.4, 0.5) is 5.95 Å². The minimum absolute atomic E-state index is 0.195. The molecule has 1 fully saturated rings. The Morgan fingerprint density at radius 3 is 2.76 bits per heavy atom. The quantitative estimate of drug-likeness (QED) is 0.864. The predicted octanol–water partition coefficient (Wildman–Crippen LogP) is 1.78. The summed E-state index contributed by atoms with van der Waals surface area (Å²) < 4.78 is 0. The van der Waals surface area contributed by atoms with Crippen molar-refractivity contribution in [2.24, 2.45) is 0 Å². The van der Waals surface area contributed by atoms with E-state index in [2.05, 4.69) is 21.8 Å². The zero-order chi connectivity index (χ0) is 12.1. The van der Waals surface area contributed by atoms with Crippen molar-refractivity contribution in [1.82, 2.24) is 9.97 Å². The van der Waals surface area contributed by atoms with Gasteiger partial charge in [0.05, 0.1) is 12.6 Å². The van der Waals surface area contributed by atoms with Crippen molar-refractivity contribution in [3.05, 3.63) is 18.0 Å². The maximum atomic E-state index is 9.36. The van der Waals surface area contributed by atoms with Crippen LogP contribution in [-0.4, -0.2) is 34.3 Å². The van der Waals surface area contributed by atoms with Gasteiger partial charge in [0.15, 0.2) is 0 Å². The number of anilines is 1. The number of aliphatic hydroxyl groups is 1. The predicted molar refractivity (Wildman–Crippen MR) is 68.1 cm³/mol. The van der Waals surface area contributed by atoms with Crippen LogP contribution < -0.4 is 4.90 Å². The van der Waals surface area contributed by atoms with E-state index in [4.69, 9.17) is 0 Å². The summed E-state index contributed by atoms with van der Waals surface area (Å²) in [5.74, 6) is 0.767. The van der Waals surface area contributed by atoms with Crippen molar-refractivity contribution in [3.8, 4) is 0 Å². The molecule has 1 aromatic heterocycles. The molecule has 4 heteroatoms. The summed E-state index contributed by atoms with van der Waals surface area (Å²) in [7, 11) is 0. The van der Waals surface area contributed by atoms with Gasteiger partial charge >= 0.3 is 0 Å². The number of aromatic nitrogens is 2. The van der Waals surface area contributed by atoms with Crippen LogP contribution in [0.2, 0.25) is 0 Å². The smallest absolute Gasteiger partial charge is 0.225 e. The highest BCUT2D eigenvalue weighted by Gasteiger charge is 2.23. The molecule has 0 saturated carbocycles. The second-order valence-electron chi connectivity index (χ2n) is 4.67. The van der Waals surface area contributed by atoms with E-state index in [1.54, 1.807) is 0 Å². The van der Waals surface area contributed by atoms with Crippen molar-refractivity contribution < 1.29 is 5.11 Å². The molecular formula is C13H21N3O. The Hall–Kier alpha value is -1.16. The zero-order valence-electron chi connectivity index (χ0n) is 10.5. The number of rotatable bonds is 4. The van der Waals surface area contributed by atoms with Gasteiger partial charge in [0.2, 0.25) is 5.95 Å². The fraction of sp³-hybridized carbons (Fsp3) is 0.692. The van der Waals surface area contributed by atoms with Gasteiger partial charge in [-0.05, 0) is 31.2 Å². The molecule has 1 saturated heterocycles. The zero-order valence-corrected chi connectivity index (χ0v) is 10.5. The maximum absolute atomic E-state index is 9.36. The third-order valence-electron chi connectivity index (χ3n) is 3.33. The molecule has 4 nitrogen and oxygen atoms in total. The third kappa shape index (κ3) is 2.94. The molecule has 0 amide bonds. The first-order chi connectivity index (χ1) is 8.35. The van der Waals surface area contributed by atoms with Gasteiger partial charge in [-0.2, -0.15) is 0 Å². The molecule has 1 aliphatic heterocycles. The Morgan fingerprint density at radius 1 is 1.35 bits per heavy atom. The van der Waals surface area contributed by atoms with Gasteiger partial charge in [-0.25, -0.2) is 9.97 Å². The molecule has 0 aromatic carbocycles. The summed E-state index contributed by atoms with van der Waals surface area (Å²) in [5, 5.41) is 9.36. The van der Waals surface area contributed by atoms with Gasteiger partial charge in [0, 0.05) is 18.9 Å². The SMILES string of the molecule is CCCc1cnc(N2CCCCC2CO)nc1. The van der Waals surface area contributed by atoms with Crippen molar-refractivity contribution in [2.75, 3.05) is 18.1 Å². The number of piperidine rings is 1.